The first-order valence-electron chi connectivity index (χ1n) is 7.04. The van der Waals surface area contributed by atoms with Crippen molar-refractivity contribution in [3.05, 3.63) is 0 Å². The fourth-order valence-electron chi connectivity index (χ4n) is 5.98. The van der Waals surface area contributed by atoms with Crippen molar-refractivity contribution in [1.82, 2.24) is 0 Å². The van der Waals surface area contributed by atoms with E-state index < -0.39 is 5.67 Å². The second kappa shape index (κ2) is 3.03. The van der Waals surface area contributed by atoms with Gasteiger partial charge in [-0.25, -0.2) is 4.39 Å². The highest BCUT2D eigenvalue weighted by atomic mass is 19.1. The van der Waals surface area contributed by atoms with Gasteiger partial charge in [0.2, 0.25) is 0 Å². The van der Waals surface area contributed by atoms with Crippen molar-refractivity contribution in [1.29, 1.82) is 0 Å². The Balaban J connectivity index is 2.02. The van der Waals surface area contributed by atoms with Gasteiger partial charge in [-0.1, -0.05) is 27.2 Å². The van der Waals surface area contributed by atoms with Crippen LogP contribution in [0, 0.1) is 35.0 Å². The van der Waals surface area contributed by atoms with E-state index in [1.807, 2.05) is 6.92 Å². The van der Waals surface area contributed by atoms with Crippen LogP contribution in [-0.4, -0.2) is 5.67 Å². The van der Waals surface area contributed by atoms with Gasteiger partial charge in [-0.15, -0.1) is 0 Å². The second-order valence-corrected chi connectivity index (χ2v) is 7.56. The molecule has 0 radical (unpaired) electrons. The molecule has 0 aromatic heterocycles. The Hall–Kier alpha value is -0.0700. The molecule has 0 saturated heterocycles. The zero-order valence-electron chi connectivity index (χ0n) is 11.1. The number of hydrogen-bond acceptors (Lipinski definition) is 0. The molecule has 0 aromatic rings. The van der Waals surface area contributed by atoms with Gasteiger partial charge < -0.3 is 0 Å². The van der Waals surface area contributed by atoms with Crippen molar-refractivity contribution in [2.45, 2.75) is 59.0 Å². The molecule has 0 aliphatic heterocycles. The minimum Gasteiger partial charge on any atom is -0.244 e. The summed E-state index contributed by atoms with van der Waals surface area (Å²) in [5, 5.41) is 0. The lowest BCUT2D eigenvalue weighted by Gasteiger charge is -2.38. The molecule has 1 heteroatoms. The van der Waals surface area contributed by atoms with E-state index in [0.29, 0.717) is 29.6 Å². The van der Waals surface area contributed by atoms with Gasteiger partial charge in [-0.3, -0.25) is 0 Å². The van der Waals surface area contributed by atoms with Crippen LogP contribution in [-0.2, 0) is 0 Å². The summed E-state index contributed by atoms with van der Waals surface area (Å²) >= 11 is 0. The Bertz CT molecular complexity index is 305. The lowest BCUT2D eigenvalue weighted by atomic mass is 9.70. The smallest absolute Gasteiger partial charge is 0.115 e. The molecule has 0 aromatic carbocycles. The lowest BCUT2D eigenvalue weighted by molar-refractivity contribution is 0.00729. The summed E-state index contributed by atoms with van der Waals surface area (Å²) in [7, 11) is 0. The number of fused-ring (bicyclic) bond motifs is 3. The van der Waals surface area contributed by atoms with Crippen molar-refractivity contribution < 1.29 is 4.39 Å². The molecule has 3 fully saturated rings. The molecular weight excluding hydrogens is 199 g/mol. The van der Waals surface area contributed by atoms with Crippen LogP contribution in [0.4, 0.5) is 4.39 Å². The molecule has 6 atom stereocenters. The number of halogens is 1. The van der Waals surface area contributed by atoms with E-state index in [1.54, 1.807) is 0 Å². The van der Waals surface area contributed by atoms with Gasteiger partial charge >= 0.3 is 0 Å². The number of hydrogen-bond donors (Lipinski definition) is 0. The highest BCUT2D eigenvalue weighted by Crippen LogP contribution is 2.68. The molecule has 3 rings (SSSR count). The molecule has 3 aliphatic rings. The predicted molar refractivity (Wildman–Crippen MR) is 64.9 cm³/mol. The van der Waals surface area contributed by atoms with Crippen molar-refractivity contribution in [2.75, 3.05) is 0 Å². The Morgan fingerprint density at radius 3 is 2.38 bits per heavy atom. The zero-order chi connectivity index (χ0) is 11.7. The Kier molecular flexibility index (Phi) is 2.09. The summed E-state index contributed by atoms with van der Waals surface area (Å²) in [6, 6.07) is 0. The second-order valence-electron chi connectivity index (χ2n) is 7.56. The summed E-state index contributed by atoms with van der Waals surface area (Å²) < 4.78 is 15.3. The van der Waals surface area contributed by atoms with E-state index in [2.05, 4.69) is 20.8 Å². The van der Waals surface area contributed by atoms with Crippen LogP contribution >= 0.6 is 0 Å². The van der Waals surface area contributed by atoms with Crippen molar-refractivity contribution >= 4 is 0 Å². The first-order chi connectivity index (χ1) is 7.36. The third-order valence-corrected chi connectivity index (χ3v) is 6.23. The fraction of sp³-hybridized carbons (Fsp3) is 1.00. The van der Waals surface area contributed by atoms with E-state index in [9.17, 15) is 0 Å². The average Bonchev–Trinajstić information content (AvgIpc) is 2.71. The Morgan fingerprint density at radius 1 is 1.00 bits per heavy atom. The van der Waals surface area contributed by atoms with E-state index in [0.717, 1.165) is 0 Å². The van der Waals surface area contributed by atoms with Crippen LogP contribution < -0.4 is 0 Å². The van der Waals surface area contributed by atoms with Gasteiger partial charge in [-0.2, -0.15) is 0 Å². The molecular formula is C15H25F. The zero-order valence-corrected chi connectivity index (χ0v) is 11.1. The maximum absolute atomic E-state index is 15.3. The topological polar surface area (TPSA) is 0 Å². The highest BCUT2D eigenvalue weighted by molar-refractivity contribution is 5.15. The lowest BCUT2D eigenvalue weighted by Crippen LogP contribution is -2.40. The van der Waals surface area contributed by atoms with Gasteiger partial charge in [0, 0.05) is 5.92 Å². The molecule has 92 valence electrons. The third kappa shape index (κ3) is 1.15. The average molecular weight is 224 g/mol. The van der Waals surface area contributed by atoms with Gasteiger partial charge in [0.05, 0.1) is 0 Å². The van der Waals surface area contributed by atoms with Gasteiger partial charge in [0.1, 0.15) is 5.67 Å². The van der Waals surface area contributed by atoms with E-state index in [-0.39, 0.29) is 5.41 Å². The Labute approximate surface area is 99.0 Å². The quantitative estimate of drug-likeness (QED) is 0.570. The van der Waals surface area contributed by atoms with E-state index in [1.165, 1.54) is 25.7 Å². The van der Waals surface area contributed by atoms with Crippen LogP contribution in [0.5, 0.6) is 0 Å². The molecule has 0 bridgehead atoms. The van der Waals surface area contributed by atoms with Crippen LogP contribution in [0.3, 0.4) is 0 Å². The molecule has 0 spiro atoms. The molecule has 6 unspecified atom stereocenters. The minimum absolute atomic E-state index is 0.234. The highest BCUT2D eigenvalue weighted by Gasteiger charge is 2.66. The van der Waals surface area contributed by atoms with Crippen LogP contribution in [0.15, 0.2) is 0 Å². The van der Waals surface area contributed by atoms with Crippen molar-refractivity contribution in [3.63, 3.8) is 0 Å². The van der Waals surface area contributed by atoms with Gasteiger partial charge in [0.15, 0.2) is 0 Å². The molecule has 3 aliphatic carbocycles. The third-order valence-electron chi connectivity index (χ3n) is 6.23. The standard InChI is InChI=1S/C15H25F/c1-9-5-6-10-11-7-8-14(2,3)13(11)15(4,16)12(9)10/h9-13H,5-8H2,1-4H3. The van der Waals surface area contributed by atoms with E-state index in [4.69, 9.17) is 0 Å². The van der Waals surface area contributed by atoms with Crippen molar-refractivity contribution in [3.8, 4) is 0 Å². The molecule has 16 heavy (non-hydrogen) atoms. The molecule has 0 amide bonds. The predicted octanol–water partition coefficient (Wildman–Crippen LogP) is 4.44. The number of alkyl halides is 1. The summed E-state index contributed by atoms with van der Waals surface area (Å²) in [4.78, 5) is 0. The summed E-state index contributed by atoms with van der Waals surface area (Å²) in [5.41, 5.74) is -0.663. The maximum Gasteiger partial charge on any atom is 0.115 e. The summed E-state index contributed by atoms with van der Waals surface area (Å²) in [6.07, 6.45) is 5.07. The first-order valence-corrected chi connectivity index (χ1v) is 7.04. The number of rotatable bonds is 0. The van der Waals surface area contributed by atoms with Gasteiger partial charge in [0.25, 0.3) is 0 Å². The largest absolute Gasteiger partial charge is 0.244 e. The maximum atomic E-state index is 15.3. The normalized spacial score (nSPS) is 58.7. The van der Waals surface area contributed by atoms with Crippen LogP contribution in [0.1, 0.15) is 53.4 Å². The summed E-state index contributed by atoms with van der Waals surface area (Å²) in [5.74, 6) is 2.71. The molecule has 3 saturated carbocycles. The fourth-order valence-corrected chi connectivity index (χ4v) is 5.98. The summed E-state index contributed by atoms with van der Waals surface area (Å²) in [6.45, 7) is 8.78. The van der Waals surface area contributed by atoms with Crippen molar-refractivity contribution in [2.24, 2.45) is 35.0 Å². The molecule has 0 nitrogen and oxygen atoms in total. The first kappa shape index (κ1) is 11.0. The van der Waals surface area contributed by atoms with Crippen LogP contribution in [0.25, 0.3) is 0 Å². The minimum atomic E-state index is -0.898. The van der Waals surface area contributed by atoms with Crippen LogP contribution in [0.2, 0.25) is 0 Å². The van der Waals surface area contributed by atoms with E-state index >= 15 is 4.39 Å². The SMILES string of the molecule is CC1CCC2C3CCC(C)(C)C3C(C)(F)C12. The monoisotopic (exact) mass is 224 g/mol. The van der Waals surface area contributed by atoms with Gasteiger partial charge in [-0.05, 0) is 55.3 Å². The molecule has 0 heterocycles. The Morgan fingerprint density at radius 2 is 1.69 bits per heavy atom. The molecule has 0 N–H and O–H groups in total.